The zero-order valence-electron chi connectivity index (χ0n) is 11.5. The molecule has 0 radical (unpaired) electrons. The molecule has 1 aliphatic rings. The Kier molecular flexibility index (Phi) is 5.40. The molecule has 6 heteroatoms. The number of hydrogen-bond donors (Lipinski definition) is 2. The predicted octanol–water partition coefficient (Wildman–Crippen LogP) is 2.85. The monoisotopic (exact) mass is 286 g/mol. The molecule has 1 heterocycles. The van der Waals surface area contributed by atoms with Crippen molar-refractivity contribution in [2.45, 2.75) is 31.9 Å². The smallest absolute Gasteiger partial charge is 0.387 e. The van der Waals surface area contributed by atoms with Gasteiger partial charge in [-0.25, -0.2) is 0 Å². The van der Waals surface area contributed by atoms with E-state index >= 15 is 0 Å². The van der Waals surface area contributed by atoms with Crippen LogP contribution in [-0.2, 0) is 0 Å². The summed E-state index contributed by atoms with van der Waals surface area (Å²) in [6.07, 6.45) is 3.01. The molecule has 2 rings (SSSR count). The average molecular weight is 286 g/mol. The number of benzene rings is 1. The highest BCUT2D eigenvalue weighted by atomic mass is 19.3. The van der Waals surface area contributed by atoms with Gasteiger partial charge in [-0.3, -0.25) is 0 Å². The van der Waals surface area contributed by atoms with Gasteiger partial charge < -0.3 is 20.1 Å². The summed E-state index contributed by atoms with van der Waals surface area (Å²) in [5.41, 5.74) is 0.552. The minimum atomic E-state index is -2.83. The predicted molar refractivity (Wildman–Crippen MR) is 73.8 cm³/mol. The summed E-state index contributed by atoms with van der Waals surface area (Å²) in [4.78, 5) is 0. The average Bonchev–Trinajstić information content (AvgIpc) is 2.69. The molecule has 0 amide bonds. The largest absolute Gasteiger partial charge is 0.497 e. The first kappa shape index (κ1) is 14.8. The van der Waals surface area contributed by atoms with Crippen LogP contribution in [0.2, 0.25) is 0 Å². The van der Waals surface area contributed by atoms with Crippen LogP contribution in [0.3, 0.4) is 0 Å². The number of rotatable bonds is 5. The first-order valence-electron chi connectivity index (χ1n) is 6.79. The molecule has 2 N–H and O–H groups in total. The van der Waals surface area contributed by atoms with Gasteiger partial charge in [0.05, 0.1) is 12.8 Å². The summed E-state index contributed by atoms with van der Waals surface area (Å²) in [5.74, 6) is 0.763. The SMILES string of the molecule is COc1ccc(OC(F)F)c(NC2CCCNCC2)c1. The van der Waals surface area contributed by atoms with Crippen LogP contribution in [0, 0.1) is 0 Å². The number of halogens is 2. The van der Waals surface area contributed by atoms with E-state index in [0.29, 0.717) is 11.4 Å². The standard InChI is InChI=1S/C14H20F2N2O2/c1-19-11-4-5-13(20-14(15)16)12(9-11)18-10-3-2-7-17-8-6-10/h4-5,9-10,14,17-18H,2-3,6-8H2,1H3. The van der Waals surface area contributed by atoms with E-state index in [-0.39, 0.29) is 11.8 Å². The summed E-state index contributed by atoms with van der Waals surface area (Å²) in [6, 6.07) is 5.05. The molecule has 1 unspecified atom stereocenters. The van der Waals surface area contributed by atoms with Crippen LogP contribution in [0.5, 0.6) is 11.5 Å². The quantitative estimate of drug-likeness (QED) is 0.873. The lowest BCUT2D eigenvalue weighted by Gasteiger charge is -2.20. The molecule has 0 spiro atoms. The summed E-state index contributed by atoms with van der Waals surface area (Å²) >= 11 is 0. The highest BCUT2D eigenvalue weighted by molar-refractivity contribution is 5.60. The van der Waals surface area contributed by atoms with Gasteiger partial charge in [0.2, 0.25) is 0 Å². The maximum absolute atomic E-state index is 12.4. The Hall–Kier alpha value is -1.56. The van der Waals surface area contributed by atoms with Crippen molar-refractivity contribution in [2.24, 2.45) is 0 Å². The lowest BCUT2D eigenvalue weighted by Crippen LogP contribution is -2.22. The molecular weight excluding hydrogens is 266 g/mol. The van der Waals surface area contributed by atoms with Crippen molar-refractivity contribution in [1.29, 1.82) is 0 Å². The van der Waals surface area contributed by atoms with Crippen molar-refractivity contribution < 1.29 is 18.3 Å². The Bertz CT molecular complexity index is 422. The van der Waals surface area contributed by atoms with Gasteiger partial charge in [0.1, 0.15) is 11.5 Å². The third-order valence-electron chi connectivity index (χ3n) is 3.34. The third kappa shape index (κ3) is 4.23. The van der Waals surface area contributed by atoms with Crippen molar-refractivity contribution in [3.8, 4) is 11.5 Å². The molecule has 0 aliphatic carbocycles. The van der Waals surface area contributed by atoms with Gasteiger partial charge in [0, 0.05) is 12.1 Å². The first-order chi connectivity index (χ1) is 9.69. The second-order valence-electron chi connectivity index (χ2n) is 4.76. The van der Waals surface area contributed by atoms with Crippen LogP contribution in [0.4, 0.5) is 14.5 Å². The maximum Gasteiger partial charge on any atom is 0.387 e. The van der Waals surface area contributed by atoms with Crippen molar-refractivity contribution >= 4 is 5.69 Å². The van der Waals surface area contributed by atoms with E-state index in [1.165, 1.54) is 6.07 Å². The number of hydrogen-bond acceptors (Lipinski definition) is 4. The van der Waals surface area contributed by atoms with Gasteiger partial charge >= 0.3 is 6.61 Å². The Morgan fingerprint density at radius 1 is 1.30 bits per heavy atom. The van der Waals surface area contributed by atoms with Crippen LogP contribution in [0.1, 0.15) is 19.3 Å². The third-order valence-corrected chi connectivity index (χ3v) is 3.34. The molecule has 1 aromatic carbocycles. The lowest BCUT2D eigenvalue weighted by atomic mass is 10.1. The highest BCUT2D eigenvalue weighted by Gasteiger charge is 2.16. The molecule has 0 saturated carbocycles. The van der Waals surface area contributed by atoms with Crippen LogP contribution >= 0.6 is 0 Å². The molecule has 112 valence electrons. The molecular formula is C14H20F2N2O2. The van der Waals surface area contributed by atoms with E-state index in [4.69, 9.17) is 4.74 Å². The zero-order chi connectivity index (χ0) is 14.4. The van der Waals surface area contributed by atoms with E-state index in [1.807, 2.05) is 0 Å². The van der Waals surface area contributed by atoms with Crippen molar-refractivity contribution in [2.75, 3.05) is 25.5 Å². The molecule has 0 aromatic heterocycles. The minimum absolute atomic E-state index is 0.151. The molecule has 4 nitrogen and oxygen atoms in total. The van der Waals surface area contributed by atoms with Crippen LogP contribution < -0.4 is 20.1 Å². The van der Waals surface area contributed by atoms with E-state index in [9.17, 15) is 8.78 Å². The summed E-state index contributed by atoms with van der Waals surface area (Å²) in [6.45, 7) is -0.914. The molecule has 1 atom stereocenters. The van der Waals surface area contributed by atoms with Gasteiger partial charge in [-0.05, 0) is 44.5 Å². The molecule has 1 saturated heterocycles. The van der Waals surface area contributed by atoms with Gasteiger partial charge in [0.25, 0.3) is 0 Å². The van der Waals surface area contributed by atoms with E-state index in [0.717, 1.165) is 32.4 Å². The lowest BCUT2D eigenvalue weighted by molar-refractivity contribution is -0.0494. The molecule has 0 bridgehead atoms. The molecule has 20 heavy (non-hydrogen) atoms. The van der Waals surface area contributed by atoms with Gasteiger partial charge in [-0.1, -0.05) is 0 Å². The number of methoxy groups -OCH3 is 1. The number of alkyl halides is 2. The normalized spacial score (nSPS) is 19.5. The fourth-order valence-electron chi connectivity index (χ4n) is 2.33. The Morgan fingerprint density at radius 2 is 2.15 bits per heavy atom. The molecule has 1 fully saturated rings. The van der Waals surface area contributed by atoms with Crippen LogP contribution in [0.15, 0.2) is 18.2 Å². The van der Waals surface area contributed by atoms with Crippen molar-refractivity contribution in [1.82, 2.24) is 5.32 Å². The van der Waals surface area contributed by atoms with Gasteiger partial charge in [0.15, 0.2) is 0 Å². The van der Waals surface area contributed by atoms with E-state index in [2.05, 4.69) is 15.4 Å². The Balaban J connectivity index is 2.13. The van der Waals surface area contributed by atoms with Crippen molar-refractivity contribution in [3.63, 3.8) is 0 Å². The van der Waals surface area contributed by atoms with Gasteiger partial charge in [-0.2, -0.15) is 8.78 Å². The fraction of sp³-hybridized carbons (Fsp3) is 0.571. The second kappa shape index (κ2) is 7.28. The Morgan fingerprint density at radius 3 is 2.90 bits per heavy atom. The zero-order valence-corrected chi connectivity index (χ0v) is 11.5. The van der Waals surface area contributed by atoms with E-state index < -0.39 is 6.61 Å². The highest BCUT2D eigenvalue weighted by Crippen LogP contribution is 2.31. The minimum Gasteiger partial charge on any atom is -0.497 e. The number of ether oxygens (including phenoxy) is 2. The maximum atomic E-state index is 12.4. The first-order valence-corrected chi connectivity index (χ1v) is 6.79. The number of nitrogens with one attached hydrogen (secondary N) is 2. The number of anilines is 1. The second-order valence-corrected chi connectivity index (χ2v) is 4.76. The molecule has 1 aromatic rings. The summed E-state index contributed by atoms with van der Waals surface area (Å²) < 4.78 is 34.6. The van der Waals surface area contributed by atoms with Crippen LogP contribution in [-0.4, -0.2) is 32.9 Å². The summed E-state index contributed by atoms with van der Waals surface area (Å²) in [5, 5.41) is 6.61. The topological polar surface area (TPSA) is 42.5 Å². The molecule has 1 aliphatic heterocycles. The van der Waals surface area contributed by atoms with Crippen LogP contribution in [0.25, 0.3) is 0 Å². The fourth-order valence-corrected chi connectivity index (χ4v) is 2.33. The van der Waals surface area contributed by atoms with E-state index in [1.54, 1.807) is 19.2 Å². The Labute approximate surface area is 117 Å². The summed E-state index contributed by atoms with van der Waals surface area (Å²) in [7, 11) is 1.54. The van der Waals surface area contributed by atoms with Crippen molar-refractivity contribution in [3.05, 3.63) is 18.2 Å². The van der Waals surface area contributed by atoms with Gasteiger partial charge in [-0.15, -0.1) is 0 Å².